The Kier molecular flexibility index (Phi) is 8.20. The number of methoxy groups -OCH3 is 1. The highest BCUT2D eigenvalue weighted by Crippen LogP contribution is 2.28. The van der Waals surface area contributed by atoms with Crippen LogP contribution in [-0.2, 0) is 16.1 Å². The molecular weight excluding hydrogens is 406 g/mol. The van der Waals surface area contributed by atoms with E-state index in [9.17, 15) is 9.59 Å². The third kappa shape index (κ3) is 6.80. The lowest BCUT2D eigenvalue weighted by molar-refractivity contribution is -0.117. The molecule has 0 bridgehead atoms. The van der Waals surface area contributed by atoms with Gasteiger partial charge >= 0.3 is 0 Å². The zero-order valence-corrected chi connectivity index (χ0v) is 18.6. The first-order valence-corrected chi connectivity index (χ1v) is 10.7. The lowest BCUT2D eigenvalue weighted by Crippen LogP contribution is -2.36. The van der Waals surface area contributed by atoms with E-state index in [1.807, 2.05) is 24.3 Å². The topological polar surface area (TPSA) is 97.7 Å². The summed E-state index contributed by atoms with van der Waals surface area (Å²) in [6, 6.07) is 15.0. The second-order valence-electron chi connectivity index (χ2n) is 7.86. The quantitative estimate of drug-likeness (QED) is 0.694. The number of nitriles is 1. The number of ether oxygens (including phenoxy) is 1. The molecule has 8 nitrogen and oxygen atoms in total. The molecule has 1 heterocycles. The van der Waals surface area contributed by atoms with E-state index >= 15 is 0 Å². The van der Waals surface area contributed by atoms with Gasteiger partial charge in [-0.3, -0.25) is 19.4 Å². The summed E-state index contributed by atoms with van der Waals surface area (Å²) in [6.07, 6.45) is 0.977. The molecule has 2 aromatic rings. The Labute approximate surface area is 188 Å². The third-order valence-electron chi connectivity index (χ3n) is 5.33. The molecule has 168 valence electrons. The van der Waals surface area contributed by atoms with Crippen LogP contribution in [0.1, 0.15) is 24.5 Å². The van der Waals surface area contributed by atoms with Crippen LogP contribution >= 0.6 is 0 Å². The fourth-order valence-corrected chi connectivity index (χ4v) is 3.76. The molecular formula is C24H29N5O3. The number of carbonyl (C=O) groups is 2. The van der Waals surface area contributed by atoms with E-state index in [-0.39, 0.29) is 18.4 Å². The minimum atomic E-state index is -0.178. The fraction of sp³-hybridized carbons (Fsp3) is 0.375. The highest BCUT2D eigenvalue weighted by atomic mass is 16.5. The Morgan fingerprint density at radius 1 is 1.03 bits per heavy atom. The number of hydrogen-bond donors (Lipinski definition) is 2. The molecule has 3 rings (SSSR count). The van der Waals surface area contributed by atoms with E-state index in [1.54, 1.807) is 25.3 Å². The number of carbonyl (C=O) groups excluding carboxylic acids is 2. The Morgan fingerprint density at radius 3 is 2.44 bits per heavy atom. The average Bonchev–Trinajstić information content (AvgIpc) is 2.99. The molecule has 0 atom stereocenters. The lowest BCUT2D eigenvalue weighted by atomic mass is 10.1. The smallest absolute Gasteiger partial charge is 0.238 e. The summed E-state index contributed by atoms with van der Waals surface area (Å²) in [7, 11) is 1.54. The van der Waals surface area contributed by atoms with Gasteiger partial charge in [0.1, 0.15) is 5.75 Å². The third-order valence-corrected chi connectivity index (χ3v) is 5.33. The van der Waals surface area contributed by atoms with Crippen LogP contribution in [0.25, 0.3) is 0 Å². The highest BCUT2D eigenvalue weighted by molar-refractivity contribution is 5.95. The van der Waals surface area contributed by atoms with Crippen LogP contribution in [0, 0.1) is 11.3 Å². The van der Waals surface area contributed by atoms with Gasteiger partial charge in [0.25, 0.3) is 0 Å². The first-order chi connectivity index (χ1) is 15.5. The van der Waals surface area contributed by atoms with Crippen LogP contribution in [0.4, 0.5) is 11.4 Å². The molecule has 0 aliphatic carbocycles. The zero-order chi connectivity index (χ0) is 22.9. The summed E-state index contributed by atoms with van der Waals surface area (Å²) in [5.41, 5.74) is 2.98. The lowest BCUT2D eigenvalue weighted by Gasteiger charge is -2.22. The number of nitrogens with zero attached hydrogens (tertiary/aromatic N) is 3. The van der Waals surface area contributed by atoms with E-state index in [1.165, 1.54) is 12.5 Å². The standard InChI is InChI=1S/C24H29N5O3/c1-18(30)26-21-8-9-23(32-2)22(14-21)27-24(31)17-29-11-3-10-28(12-13-29)16-20-6-4-19(15-25)5-7-20/h4-9,14H,3,10-13,16-17H2,1-2H3,(H,26,30)(H,27,31). The van der Waals surface area contributed by atoms with Gasteiger partial charge < -0.3 is 15.4 Å². The average molecular weight is 436 g/mol. The highest BCUT2D eigenvalue weighted by Gasteiger charge is 2.18. The van der Waals surface area contributed by atoms with Gasteiger partial charge in [0.05, 0.1) is 31.0 Å². The van der Waals surface area contributed by atoms with Crippen molar-refractivity contribution in [3.63, 3.8) is 0 Å². The second kappa shape index (κ2) is 11.3. The van der Waals surface area contributed by atoms with Gasteiger partial charge in [-0.25, -0.2) is 0 Å². The van der Waals surface area contributed by atoms with Crippen molar-refractivity contribution < 1.29 is 14.3 Å². The predicted molar refractivity (Wildman–Crippen MR) is 123 cm³/mol. The van der Waals surface area contributed by atoms with Crippen molar-refractivity contribution in [1.29, 1.82) is 5.26 Å². The summed E-state index contributed by atoms with van der Waals surface area (Å²) in [5.74, 6) is 0.239. The van der Waals surface area contributed by atoms with Crippen LogP contribution in [0.2, 0.25) is 0 Å². The van der Waals surface area contributed by atoms with E-state index in [0.29, 0.717) is 22.7 Å². The Balaban J connectivity index is 1.53. The maximum atomic E-state index is 12.7. The number of nitrogens with one attached hydrogen (secondary N) is 2. The normalized spacial score (nSPS) is 14.8. The van der Waals surface area contributed by atoms with Crippen molar-refractivity contribution in [2.45, 2.75) is 19.9 Å². The molecule has 0 spiro atoms. The summed E-state index contributed by atoms with van der Waals surface area (Å²) >= 11 is 0. The van der Waals surface area contributed by atoms with Crippen LogP contribution in [-0.4, -0.2) is 61.4 Å². The molecule has 0 saturated carbocycles. The molecule has 1 aliphatic rings. The molecule has 0 unspecified atom stereocenters. The van der Waals surface area contributed by atoms with Crippen LogP contribution in [0.3, 0.4) is 0 Å². The number of rotatable bonds is 7. The molecule has 2 aromatic carbocycles. The van der Waals surface area contributed by atoms with Gasteiger partial charge in [0.2, 0.25) is 11.8 Å². The van der Waals surface area contributed by atoms with Crippen molar-refractivity contribution in [3.8, 4) is 11.8 Å². The number of anilines is 2. The molecule has 1 saturated heterocycles. The van der Waals surface area contributed by atoms with Crippen LogP contribution in [0.5, 0.6) is 5.75 Å². The Hall–Kier alpha value is -3.41. The maximum Gasteiger partial charge on any atom is 0.238 e. The molecule has 2 N–H and O–H groups in total. The maximum absolute atomic E-state index is 12.7. The van der Waals surface area contributed by atoms with E-state index < -0.39 is 0 Å². The second-order valence-corrected chi connectivity index (χ2v) is 7.86. The molecule has 0 radical (unpaired) electrons. The number of benzene rings is 2. The first-order valence-electron chi connectivity index (χ1n) is 10.7. The molecule has 32 heavy (non-hydrogen) atoms. The summed E-state index contributed by atoms with van der Waals surface area (Å²) < 4.78 is 5.34. The summed E-state index contributed by atoms with van der Waals surface area (Å²) in [4.78, 5) is 28.5. The molecule has 0 aromatic heterocycles. The van der Waals surface area contributed by atoms with E-state index in [4.69, 9.17) is 10.00 Å². The van der Waals surface area contributed by atoms with Gasteiger partial charge in [-0.05, 0) is 55.4 Å². The molecule has 1 fully saturated rings. The SMILES string of the molecule is COc1ccc(NC(C)=O)cc1NC(=O)CN1CCCN(Cc2ccc(C#N)cc2)CC1. The summed E-state index contributed by atoms with van der Waals surface area (Å²) in [5, 5.41) is 14.6. The summed E-state index contributed by atoms with van der Waals surface area (Å²) in [6.45, 7) is 6.04. The fourth-order valence-electron chi connectivity index (χ4n) is 3.76. The van der Waals surface area contributed by atoms with Crippen molar-refractivity contribution in [3.05, 3.63) is 53.6 Å². The number of amides is 2. The van der Waals surface area contributed by atoms with Gasteiger partial charge in [-0.15, -0.1) is 0 Å². The first kappa shape index (κ1) is 23.3. The van der Waals surface area contributed by atoms with Gasteiger partial charge in [0.15, 0.2) is 0 Å². The predicted octanol–water partition coefficient (Wildman–Crippen LogP) is 2.67. The zero-order valence-electron chi connectivity index (χ0n) is 18.6. The monoisotopic (exact) mass is 435 g/mol. The van der Waals surface area contributed by atoms with E-state index in [0.717, 1.165) is 39.1 Å². The Bertz CT molecular complexity index is 984. The van der Waals surface area contributed by atoms with Crippen LogP contribution in [0.15, 0.2) is 42.5 Å². The largest absolute Gasteiger partial charge is 0.495 e. The van der Waals surface area contributed by atoms with Crippen molar-refractivity contribution in [2.75, 3.05) is 50.5 Å². The molecule has 1 aliphatic heterocycles. The van der Waals surface area contributed by atoms with Crippen molar-refractivity contribution in [1.82, 2.24) is 9.80 Å². The van der Waals surface area contributed by atoms with Crippen molar-refractivity contribution >= 4 is 23.2 Å². The number of hydrogen-bond acceptors (Lipinski definition) is 6. The van der Waals surface area contributed by atoms with E-state index in [2.05, 4.69) is 26.5 Å². The van der Waals surface area contributed by atoms with Gasteiger partial charge in [-0.1, -0.05) is 12.1 Å². The Morgan fingerprint density at radius 2 is 1.75 bits per heavy atom. The minimum absolute atomic E-state index is 0.121. The van der Waals surface area contributed by atoms with Crippen molar-refractivity contribution in [2.24, 2.45) is 0 Å². The van der Waals surface area contributed by atoms with Gasteiger partial charge in [0, 0.05) is 32.2 Å². The van der Waals surface area contributed by atoms with Crippen LogP contribution < -0.4 is 15.4 Å². The minimum Gasteiger partial charge on any atom is -0.495 e. The van der Waals surface area contributed by atoms with Gasteiger partial charge in [-0.2, -0.15) is 5.26 Å². The molecule has 8 heteroatoms. The molecule has 2 amide bonds.